The van der Waals surface area contributed by atoms with Crippen LogP contribution in [0.15, 0.2) is 0 Å². The summed E-state index contributed by atoms with van der Waals surface area (Å²) >= 11 is 0. The monoisotopic (exact) mass is 173 g/mol. The number of amides is 1. The van der Waals surface area contributed by atoms with Crippen LogP contribution in [0.2, 0.25) is 0 Å². The molecule has 0 aromatic heterocycles. The van der Waals surface area contributed by atoms with Gasteiger partial charge < -0.3 is 10.1 Å². The summed E-state index contributed by atoms with van der Waals surface area (Å²) in [6, 6.07) is 0. The molecule has 0 aromatic carbocycles. The van der Waals surface area contributed by atoms with Crippen molar-refractivity contribution in [3.05, 3.63) is 0 Å². The van der Waals surface area contributed by atoms with E-state index in [0.29, 0.717) is 0 Å². The zero-order valence-corrected chi connectivity index (χ0v) is 8.60. The Hall–Kier alpha value is -0.570. The molecule has 0 aliphatic heterocycles. The number of hydrogen-bond acceptors (Lipinski definition) is 2. The number of ether oxygens (including phenoxy) is 1. The number of carbonyl (C=O) groups excluding carboxylic acids is 1. The van der Waals surface area contributed by atoms with Gasteiger partial charge in [-0.05, 0) is 27.2 Å². The van der Waals surface area contributed by atoms with Gasteiger partial charge in [-0.2, -0.15) is 0 Å². The molecule has 12 heavy (non-hydrogen) atoms. The summed E-state index contributed by atoms with van der Waals surface area (Å²) in [5, 5.41) is 2.89. The Labute approximate surface area is 74.5 Å². The maximum atomic E-state index is 11.3. The number of rotatable bonds is 4. The molecular formula is C9H19NO2. The first kappa shape index (κ1) is 11.4. The van der Waals surface area contributed by atoms with Crippen LogP contribution in [0, 0.1) is 0 Å². The van der Waals surface area contributed by atoms with E-state index < -0.39 is 0 Å². The molecule has 3 nitrogen and oxygen atoms in total. The van der Waals surface area contributed by atoms with Crippen molar-refractivity contribution in [2.45, 2.75) is 45.8 Å². The zero-order valence-electron chi connectivity index (χ0n) is 8.60. The molecule has 1 unspecified atom stereocenters. The molecular weight excluding hydrogens is 154 g/mol. The van der Waals surface area contributed by atoms with Gasteiger partial charge in [-0.25, -0.2) is 0 Å². The van der Waals surface area contributed by atoms with Gasteiger partial charge in [0.05, 0.1) is 0 Å². The van der Waals surface area contributed by atoms with Gasteiger partial charge in [-0.3, -0.25) is 4.79 Å². The molecule has 1 N–H and O–H groups in total. The Kier molecular flexibility index (Phi) is 4.24. The average Bonchev–Trinajstić information content (AvgIpc) is 2.02. The predicted molar refractivity (Wildman–Crippen MR) is 49.0 cm³/mol. The maximum absolute atomic E-state index is 11.3. The summed E-state index contributed by atoms with van der Waals surface area (Å²) < 4.78 is 4.89. The fraction of sp³-hybridized carbons (Fsp3) is 0.889. The number of hydrogen-bond donors (Lipinski definition) is 1. The van der Waals surface area contributed by atoms with E-state index in [1.165, 1.54) is 7.11 Å². The predicted octanol–water partition coefficient (Wildman–Crippen LogP) is 1.33. The molecule has 0 heterocycles. The van der Waals surface area contributed by atoms with Crippen LogP contribution < -0.4 is 5.32 Å². The van der Waals surface area contributed by atoms with Crippen molar-refractivity contribution in [1.82, 2.24) is 5.32 Å². The third-order valence-electron chi connectivity index (χ3n) is 2.07. The SMILES string of the molecule is CCC(C)(C)NC(=O)C(C)OC. The standard InChI is InChI=1S/C9H19NO2/c1-6-9(3,4)10-8(11)7(2)12-5/h7H,6H2,1-5H3,(H,10,11). The van der Waals surface area contributed by atoms with E-state index in [1.807, 2.05) is 20.8 Å². The molecule has 0 spiro atoms. The van der Waals surface area contributed by atoms with Crippen LogP contribution in [-0.2, 0) is 9.53 Å². The molecule has 0 aromatic rings. The van der Waals surface area contributed by atoms with Crippen LogP contribution >= 0.6 is 0 Å². The summed E-state index contributed by atoms with van der Waals surface area (Å²) in [5.74, 6) is -0.0515. The first-order chi connectivity index (χ1) is 5.43. The highest BCUT2D eigenvalue weighted by atomic mass is 16.5. The molecule has 0 rings (SSSR count). The van der Waals surface area contributed by atoms with Crippen LogP contribution in [0.1, 0.15) is 34.1 Å². The number of methoxy groups -OCH3 is 1. The highest BCUT2D eigenvalue weighted by Gasteiger charge is 2.21. The topological polar surface area (TPSA) is 38.3 Å². The number of nitrogens with one attached hydrogen (secondary N) is 1. The summed E-state index contributed by atoms with van der Waals surface area (Å²) in [4.78, 5) is 11.3. The van der Waals surface area contributed by atoms with Crippen LogP contribution in [-0.4, -0.2) is 24.7 Å². The molecule has 0 saturated carbocycles. The van der Waals surface area contributed by atoms with Crippen LogP contribution in [0.3, 0.4) is 0 Å². The van der Waals surface area contributed by atoms with Crippen molar-refractivity contribution in [1.29, 1.82) is 0 Å². The average molecular weight is 173 g/mol. The zero-order chi connectivity index (χ0) is 9.78. The molecule has 72 valence electrons. The van der Waals surface area contributed by atoms with E-state index in [2.05, 4.69) is 5.32 Å². The fourth-order valence-electron chi connectivity index (χ4n) is 0.631. The third-order valence-corrected chi connectivity index (χ3v) is 2.07. The van der Waals surface area contributed by atoms with Crippen molar-refractivity contribution >= 4 is 5.91 Å². The lowest BCUT2D eigenvalue weighted by atomic mass is 10.0. The highest BCUT2D eigenvalue weighted by Crippen LogP contribution is 2.07. The second-order valence-corrected chi connectivity index (χ2v) is 3.60. The van der Waals surface area contributed by atoms with Gasteiger partial charge >= 0.3 is 0 Å². The molecule has 0 aliphatic rings. The molecule has 0 fully saturated rings. The van der Waals surface area contributed by atoms with Crippen molar-refractivity contribution < 1.29 is 9.53 Å². The fourth-order valence-corrected chi connectivity index (χ4v) is 0.631. The molecule has 3 heteroatoms. The smallest absolute Gasteiger partial charge is 0.249 e. The minimum absolute atomic E-state index is 0.0515. The summed E-state index contributed by atoms with van der Waals surface area (Å²) in [5.41, 5.74) is -0.135. The second kappa shape index (κ2) is 4.45. The van der Waals surface area contributed by atoms with Crippen LogP contribution in [0.5, 0.6) is 0 Å². The lowest BCUT2D eigenvalue weighted by Gasteiger charge is -2.25. The Balaban J connectivity index is 4.00. The van der Waals surface area contributed by atoms with Crippen molar-refractivity contribution in [3.8, 4) is 0 Å². The van der Waals surface area contributed by atoms with Crippen molar-refractivity contribution in [2.75, 3.05) is 7.11 Å². The lowest BCUT2D eigenvalue weighted by molar-refractivity contribution is -0.131. The Morgan fingerprint density at radius 2 is 2.08 bits per heavy atom. The maximum Gasteiger partial charge on any atom is 0.249 e. The van der Waals surface area contributed by atoms with Gasteiger partial charge in [0.15, 0.2) is 0 Å². The van der Waals surface area contributed by atoms with E-state index in [1.54, 1.807) is 6.92 Å². The van der Waals surface area contributed by atoms with Gasteiger partial charge in [0, 0.05) is 12.6 Å². The minimum Gasteiger partial charge on any atom is -0.372 e. The Bertz CT molecular complexity index is 155. The first-order valence-electron chi connectivity index (χ1n) is 4.27. The van der Waals surface area contributed by atoms with Crippen LogP contribution in [0.4, 0.5) is 0 Å². The minimum atomic E-state index is -0.365. The van der Waals surface area contributed by atoms with Gasteiger partial charge in [0.1, 0.15) is 6.10 Å². The molecule has 0 radical (unpaired) electrons. The van der Waals surface area contributed by atoms with Crippen LogP contribution in [0.25, 0.3) is 0 Å². The Morgan fingerprint density at radius 1 is 1.58 bits per heavy atom. The molecule has 0 saturated heterocycles. The van der Waals surface area contributed by atoms with Crippen molar-refractivity contribution in [3.63, 3.8) is 0 Å². The molecule has 1 atom stereocenters. The number of carbonyl (C=O) groups is 1. The quantitative estimate of drug-likeness (QED) is 0.696. The molecule has 0 aliphatic carbocycles. The highest BCUT2D eigenvalue weighted by molar-refractivity contribution is 5.80. The summed E-state index contributed by atoms with van der Waals surface area (Å²) in [6.07, 6.45) is 0.547. The largest absolute Gasteiger partial charge is 0.372 e. The first-order valence-corrected chi connectivity index (χ1v) is 4.27. The third kappa shape index (κ3) is 3.72. The lowest BCUT2D eigenvalue weighted by Crippen LogP contribution is -2.47. The summed E-state index contributed by atoms with van der Waals surface area (Å²) in [6.45, 7) is 7.76. The normalized spacial score (nSPS) is 14.1. The van der Waals surface area contributed by atoms with E-state index >= 15 is 0 Å². The van der Waals surface area contributed by atoms with Gasteiger partial charge in [0.25, 0.3) is 0 Å². The van der Waals surface area contributed by atoms with E-state index in [-0.39, 0.29) is 17.6 Å². The van der Waals surface area contributed by atoms with E-state index in [4.69, 9.17) is 4.74 Å². The van der Waals surface area contributed by atoms with Gasteiger partial charge in [0.2, 0.25) is 5.91 Å². The van der Waals surface area contributed by atoms with Gasteiger partial charge in [-0.15, -0.1) is 0 Å². The Morgan fingerprint density at radius 3 is 2.42 bits per heavy atom. The molecule has 1 amide bonds. The second-order valence-electron chi connectivity index (χ2n) is 3.60. The molecule has 0 bridgehead atoms. The summed E-state index contributed by atoms with van der Waals surface area (Å²) in [7, 11) is 1.53. The van der Waals surface area contributed by atoms with Gasteiger partial charge in [-0.1, -0.05) is 6.92 Å². The van der Waals surface area contributed by atoms with Crippen molar-refractivity contribution in [2.24, 2.45) is 0 Å². The van der Waals surface area contributed by atoms with E-state index in [0.717, 1.165) is 6.42 Å². The van der Waals surface area contributed by atoms with E-state index in [9.17, 15) is 4.79 Å².